The first kappa shape index (κ1) is 14.6. The van der Waals surface area contributed by atoms with Gasteiger partial charge in [-0.05, 0) is 18.1 Å². The summed E-state index contributed by atoms with van der Waals surface area (Å²) in [5.74, 6) is -0.153. The van der Waals surface area contributed by atoms with Crippen molar-refractivity contribution >= 4 is 6.21 Å². The van der Waals surface area contributed by atoms with Gasteiger partial charge < -0.3 is 9.57 Å². The number of nitrogens with zero attached hydrogens (tertiary/aromatic N) is 1. The SMILES string of the molecule is CCO[C@H]1O[N+]([O-])=C[C@@H](c2ccccc2)[C@@H]1c1ccccc1. The van der Waals surface area contributed by atoms with E-state index in [2.05, 4.69) is 0 Å². The minimum absolute atomic E-state index is 0.0613. The average molecular weight is 297 g/mol. The molecule has 1 aliphatic rings. The molecule has 0 saturated heterocycles. The molecule has 2 aromatic rings. The smallest absolute Gasteiger partial charge is 0.218 e. The maximum Gasteiger partial charge on any atom is 0.218 e. The third-order valence-corrected chi connectivity index (χ3v) is 3.87. The Morgan fingerprint density at radius 1 is 1.00 bits per heavy atom. The zero-order chi connectivity index (χ0) is 15.4. The molecular formula is C18H19NO3. The second-order valence-electron chi connectivity index (χ2n) is 5.24. The standard InChI is InChI=1S/C18H19NO3/c1-2-21-18-17(15-11-7-4-8-12-15)16(13-19(20)22-18)14-9-5-3-6-10-14/h3-13,16-18H,2H2,1H3/t16-,17-,18-/m0/s1. The van der Waals surface area contributed by atoms with Gasteiger partial charge in [0.25, 0.3) is 0 Å². The number of ether oxygens (including phenoxy) is 1. The molecule has 4 heteroatoms. The summed E-state index contributed by atoms with van der Waals surface area (Å²) in [6.07, 6.45) is 0.975. The largest absolute Gasteiger partial charge is 0.372 e. The summed E-state index contributed by atoms with van der Waals surface area (Å²) < 4.78 is 5.69. The van der Waals surface area contributed by atoms with Crippen LogP contribution in [0, 0.1) is 5.21 Å². The molecule has 1 heterocycles. The number of hydrogen-bond donors (Lipinski definition) is 0. The van der Waals surface area contributed by atoms with E-state index in [1.165, 1.54) is 0 Å². The lowest BCUT2D eigenvalue weighted by atomic mass is 9.81. The van der Waals surface area contributed by atoms with Crippen LogP contribution in [0.1, 0.15) is 29.9 Å². The van der Waals surface area contributed by atoms with Crippen molar-refractivity contribution in [3.05, 3.63) is 77.0 Å². The molecule has 1 aliphatic heterocycles. The van der Waals surface area contributed by atoms with Gasteiger partial charge in [-0.3, -0.25) is 5.21 Å². The van der Waals surface area contributed by atoms with Gasteiger partial charge in [-0.2, -0.15) is 0 Å². The van der Waals surface area contributed by atoms with Gasteiger partial charge in [-0.1, -0.05) is 60.7 Å². The maximum absolute atomic E-state index is 11.9. The van der Waals surface area contributed by atoms with Crippen LogP contribution in [0.25, 0.3) is 0 Å². The van der Waals surface area contributed by atoms with E-state index >= 15 is 0 Å². The Balaban J connectivity index is 2.05. The van der Waals surface area contributed by atoms with Gasteiger partial charge >= 0.3 is 0 Å². The van der Waals surface area contributed by atoms with E-state index in [0.29, 0.717) is 11.5 Å². The zero-order valence-electron chi connectivity index (χ0n) is 12.5. The van der Waals surface area contributed by atoms with Crippen LogP contribution in [0.3, 0.4) is 0 Å². The molecule has 3 atom stereocenters. The molecule has 0 spiro atoms. The molecule has 0 unspecified atom stereocenters. The summed E-state index contributed by atoms with van der Waals surface area (Å²) in [6, 6.07) is 20.0. The fourth-order valence-corrected chi connectivity index (χ4v) is 2.90. The van der Waals surface area contributed by atoms with Crippen molar-refractivity contribution in [2.45, 2.75) is 25.0 Å². The second-order valence-corrected chi connectivity index (χ2v) is 5.24. The second kappa shape index (κ2) is 6.62. The predicted octanol–water partition coefficient (Wildman–Crippen LogP) is 3.44. The van der Waals surface area contributed by atoms with E-state index in [4.69, 9.17) is 9.57 Å². The third-order valence-electron chi connectivity index (χ3n) is 3.87. The molecular weight excluding hydrogens is 278 g/mol. The summed E-state index contributed by atoms with van der Waals surface area (Å²) in [5.41, 5.74) is 2.17. The van der Waals surface area contributed by atoms with E-state index in [1.54, 1.807) is 6.21 Å². The van der Waals surface area contributed by atoms with Gasteiger partial charge in [-0.25, -0.2) is 0 Å². The van der Waals surface area contributed by atoms with Gasteiger partial charge in [0.1, 0.15) is 0 Å². The highest BCUT2D eigenvalue weighted by Gasteiger charge is 2.38. The van der Waals surface area contributed by atoms with E-state index in [9.17, 15) is 5.21 Å². The van der Waals surface area contributed by atoms with Crippen molar-refractivity contribution in [1.29, 1.82) is 0 Å². The quantitative estimate of drug-likeness (QED) is 0.812. The Morgan fingerprint density at radius 3 is 2.18 bits per heavy atom. The topological polar surface area (TPSA) is 44.5 Å². The van der Waals surface area contributed by atoms with Crippen LogP contribution in [0.15, 0.2) is 60.7 Å². The van der Waals surface area contributed by atoms with E-state index in [1.807, 2.05) is 67.6 Å². The molecule has 0 amide bonds. The Hall–Kier alpha value is -2.33. The van der Waals surface area contributed by atoms with Crippen LogP contribution in [0.5, 0.6) is 0 Å². The first-order valence-electron chi connectivity index (χ1n) is 7.49. The molecule has 0 N–H and O–H groups in total. The fourth-order valence-electron chi connectivity index (χ4n) is 2.90. The monoisotopic (exact) mass is 297 g/mol. The van der Waals surface area contributed by atoms with E-state index in [-0.39, 0.29) is 11.8 Å². The third kappa shape index (κ3) is 2.97. The van der Waals surface area contributed by atoms with E-state index < -0.39 is 6.29 Å². The van der Waals surface area contributed by atoms with Crippen molar-refractivity contribution in [2.75, 3.05) is 6.61 Å². The Kier molecular flexibility index (Phi) is 4.39. The van der Waals surface area contributed by atoms with Crippen LogP contribution in [-0.4, -0.2) is 24.0 Å². The van der Waals surface area contributed by atoms with Crippen molar-refractivity contribution in [2.24, 2.45) is 0 Å². The lowest BCUT2D eigenvalue weighted by Crippen LogP contribution is -2.38. The predicted molar refractivity (Wildman–Crippen MR) is 84.6 cm³/mol. The van der Waals surface area contributed by atoms with Crippen molar-refractivity contribution in [3.8, 4) is 0 Å². The summed E-state index contributed by atoms with van der Waals surface area (Å²) >= 11 is 0. The molecule has 0 aliphatic carbocycles. The maximum atomic E-state index is 11.9. The van der Waals surface area contributed by atoms with Gasteiger partial charge in [-0.15, -0.1) is 0 Å². The first-order chi connectivity index (χ1) is 10.8. The van der Waals surface area contributed by atoms with Crippen molar-refractivity contribution in [3.63, 3.8) is 0 Å². The molecule has 0 aromatic heterocycles. The molecule has 2 aromatic carbocycles. The molecule has 22 heavy (non-hydrogen) atoms. The van der Waals surface area contributed by atoms with Crippen LogP contribution in [0.2, 0.25) is 0 Å². The molecule has 0 fully saturated rings. The average Bonchev–Trinajstić information content (AvgIpc) is 2.56. The molecule has 0 bridgehead atoms. The Bertz CT molecular complexity index is 627. The summed E-state index contributed by atoms with van der Waals surface area (Å²) in [6.45, 7) is 2.39. The normalized spacial score (nSPS) is 24.4. The van der Waals surface area contributed by atoms with Crippen LogP contribution < -0.4 is 0 Å². The molecule has 3 rings (SSSR count). The number of hydrogen-bond acceptors (Lipinski definition) is 3. The van der Waals surface area contributed by atoms with Crippen LogP contribution >= 0.6 is 0 Å². The fraction of sp³-hybridized carbons (Fsp3) is 0.278. The lowest BCUT2D eigenvalue weighted by molar-refractivity contribution is -0.769. The zero-order valence-corrected chi connectivity index (χ0v) is 12.5. The molecule has 0 radical (unpaired) electrons. The number of rotatable bonds is 4. The minimum Gasteiger partial charge on any atom is -0.372 e. The number of benzene rings is 2. The van der Waals surface area contributed by atoms with Crippen molar-refractivity contribution in [1.82, 2.24) is 0 Å². The van der Waals surface area contributed by atoms with Gasteiger partial charge in [0.15, 0.2) is 6.29 Å². The van der Waals surface area contributed by atoms with E-state index in [0.717, 1.165) is 11.1 Å². The highest BCUT2D eigenvalue weighted by Crippen LogP contribution is 2.38. The van der Waals surface area contributed by atoms with Gasteiger partial charge in [0.05, 0.1) is 5.92 Å². The minimum atomic E-state index is -0.597. The molecule has 0 saturated carbocycles. The summed E-state index contributed by atoms with van der Waals surface area (Å²) in [4.78, 5) is 5.87. The molecule has 114 valence electrons. The van der Waals surface area contributed by atoms with Crippen LogP contribution in [0.4, 0.5) is 0 Å². The van der Waals surface area contributed by atoms with Crippen LogP contribution in [-0.2, 0) is 9.57 Å². The summed E-state index contributed by atoms with van der Waals surface area (Å²) in [7, 11) is 0. The Morgan fingerprint density at radius 2 is 1.59 bits per heavy atom. The summed E-state index contributed by atoms with van der Waals surface area (Å²) in [5, 5.41) is 11.9. The highest BCUT2D eigenvalue weighted by molar-refractivity contribution is 5.66. The first-order valence-corrected chi connectivity index (χ1v) is 7.49. The highest BCUT2D eigenvalue weighted by atomic mass is 16.9. The lowest BCUT2D eigenvalue weighted by Gasteiger charge is -2.35. The Labute approximate surface area is 130 Å². The van der Waals surface area contributed by atoms with Gasteiger partial charge in [0.2, 0.25) is 6.21 Å². The van der Waals surface area contributed by atoms with Crippen molar-refractivity contribution < 1.29 is 14.5 Å². The molecule has 4 nitrogen and oxygen atoms in total. The van der Waals surface area contributed by atoms with Gasteiger partial charge in [0, 0.05) is 17.4 Å².